The van der Waals surface area contributed by atoms with E-state index in [4.69, 9.17) is 16.1 Å². The molecular weight excluding hydrogens is 471 g/mol. The molecule has 8 nitrogen and oxygen atoms in total. The number of aromatic nitrogens is 2. The van der Waals surface area contributed by atoms with Gasteiger partial charge in [0.2, 0.25) is 27.6 Å². The normalized spacial score (nSPS) is 11.7. The molecule has 176 valence electrons. The van der Waals surface area contributed by atoms with Crippen LogP contribution in [0.4, 0.5) is 10.1 Å². The van der Waals surface area contributed by atoms with Crippen molar-refractivity contribution < 1.29 is 22.1 Å². The number of carbonyl (C=O) groups excluding carboxylic acids is 1. The molecule has 1 heterocycles. The molecule has 0 aliphatic rings. The molecule has 1 N–H and O–H groups in total. The molecule has 0 unspecified atom stereocenters. The van der Waals surface area contributed by atoms with E-state index in [2.05, 4.69) is 15.5 Å². The van der Waals surface area contributed by atoms with E-state index in [1.165, 1.54) is 28.6 Å². The van der Waals surface area contributed by atoms with Crippen molar-refractivity contribution in [2.45, 2.75) is 38.5 Å². The summed E-state index contributed by atoms with van der Waals surface area (Å²) in [5.41, 5.74) is 1.38. The first-order valence-corrected chi connectivity index (χ1v) is 12.2. The van der Waals surface area contributed by atoms with E-state index < -0.39 is 10.0 Å². The van der Waals surface area contributed by atoms with Crippen molar-refractivity contribution in [3.8, 4) is 11.4 Å². The fourth-order valence-corrected chi connectivity index (χ4v) is 5.14. The number of halogens is 2. The first kappa shape index (κ1) is 24.8. The molecule has 0 spiro atoms. The Morgan fingerprint density at radius 3 is 2.58 bits per heavy atom. The Bertz CT molecular complexity index is 1260. The van der Waals surface area contributed by atoms with Crippen LogP contribution in [0.3, 0.4) is 0 Å². The Morgan fingerprint density at radius 2 is 1.91 bits per heavy atom. The molecule has 1 amide bonds. The minimum atomic E-state index is -3.78. The number of benzene rings is 2. The Morgan fingerprint density at radius 1 is 1.18 bits per heavy atom. The number of nitrogens with zero attached hydrogens (tertiary/aromatic N) is 3. The second-order valence-electron chi connectivity index (χ2n) is 7.26. The van der Waals surface area contributed by atoms with Crippen LogP contribution in [0.5, 0.6) is 0 Å². The summed E-state index contributed by atoms with van der Waals surface area (Å²) >= 11 is 6.12. The van der Waals surface area contributed by atoms with Crippen molar-refractivity contribution in [1.29, 1.82) is 0 Å². The van der Waals surface area contributed by atoms with Crippen molar-refractivity contribution >= 4 is 33.2 Å². The smallest absolute Gasteiger partial charge is 0.244 e. The highest BCUT2D eigenvalue weighted by molar-refractivity contribution is 7.89. The van der Waals surface area contributed by atoms with Crippen molar-refractivity contribution in [2.75, 3.05) is 18.4 Å². The van der Waals surface area contributed by atoms with Crippen LogP contribution in [0.2, 0.25) is 5.02 Å². The van der Waals surface area contributed by atoms with Crippen LogP contribution in [0, 0.1) is 12.7 Å². The van der Waals surface area contributed by atoms with Gasteiger partial charge in [0.1, 0.15) is 10.7 Å². The van der Waals surface area contributed by atoms with E-state index in [1.807, 2.05) is 0 Å². The molecule has 2 aromatic carbocycles. The zero-order valence-corrected chi connectivity index (χ0v) is 20.0. The van der Waals surface area contributed by atoms with Crippen LogP contribution < -0.4 is 5.32 Å². The van der Waals surface area contributed by atoms with Crippen LogP contribution in [0.1, 0.15) is 31.7 Å². The van der Waals surface area contributed by atoms with E-state index >= 15 is 0 Å². The van der Waals surface area contributed by atoms with Gasteiger partial charge in [-0.25, -0.2) is 12.8 Å². The maximum absolute atomic E-state index is 13.4. The van der Waals surface area contributed by atoms with Crippen molar-refractivity contribution in [2.24, 2.45) is 0 Å². The summed E-state index contributed by atoms with van der Waals surface area (Å²) in [6, 6.07) is 8.80. The van der Waals surface area contributed by atoms with Gasteiger partial charge in [0.05, 0.1) is 5.02 Å². The van der Waals surface area contributed by atoms with Gasteiger partial charge in [-0.1, -0.05) is 30.6 Å². The monoisotopic (exact) mass is 494 g/mol. The molecule has 3 rings (SSSR count). The van der Waals surface area contributed by atoms with Crippen molar-refractivity contribution in [3.63, 3.8) is 0 Å². The number of sulfonamides is 1. The van der Waals surface area contributed by atoms with Gasteiger partial charge >= 0.3 is 0 Å². The molecule has 1 aromatic heterocycles. The highest BCUT2D eigenvalue weighted by atomic mass is 35.5. The topological polar surface area (TPSA) is 105 Å². The highest BCUT2D eigenvalue weighted by Crippen LogP contribution is 2.28. The Balaban J connectivity index is 1.66. The molecule has 0 fully saturated rings. The van der Waals surface area contributed by atoms with E-state index in [1.54, 1.807) is 32.9 Å². The minimum Gasteiger partial charge on any atom is -0.339 e. The number of hydrogen-bond donors (Lipinski definition) is 1. The number of amides is 1. The Labute approximate surface area is 196 Å². The van der Waals surface area contributed by atoms with Crippen LogP contribution in [0.25, 0.3) is 11.4 Å². The lowest BCUT2D eigenvalue weighted by atomic mass is 10.1. The zero-order valence-electron chi connectivity index (χ0n) is 18.4. The van der Waals surface area contributed by atoms with Gasteiger partial charge in [-0.3, -0.25) is 4.79 Å². The summed E-state index contributed by atoms with van der Waals surface area (Å²) in [4.78, 5) is 16.6. The number of aryl methyl sites for hydroxylation is 2. The Kier molecular flexibility index (Phi) is 7.83. The third-order valence-corrected chi connectivity index (χ3v) is 7.52. The van der Waals surface area contributed by atoms with Gasteiger partial charge in [-0.2, -0.15) is 9.29 Å². The second kappa shape index (κ2) is 10.4. The van der Waals surface area contributed by atoms with Gasteiger partial charge in [0.15, 0.2) is 0 Å². The average molecular weight is 495 g/mol. The fraction of sp³-hybridized carbons (Fsp3) is 0.318. The van der Waals surface area contributed by atoms with Crippen LogP contribution in [-0.2, 0) is 21.2 Å². The maximum atomic E-state index is 13.4. The lowest BCUT2D eigenvalue weighted by Gasteiger charge is -2.19. The predicted molar refractivity (Wildman–Crippen MR) is 123 cm³/mol. The third-order valence-electron chi connectivity index (χ3n) is 4.99. The second-order valence-corrected chi connectivity index (χ2v) is 9.57. The van der Waals surface area contributed by atoms with Crippen molar-refractivity contribution in [3.05, 3.63) is 58.7 Å². The lowest BCUT2D eigenvalue weighted by molar-refractivity contribution is -0.116. The van der Waals surface area contributed by atoms with E-state index in [-0.39, 0.29) is 40.4 Å². The molecule has 33 heavy (non-hydrogen) atoms. The summed E-state index contributed by atoms with van der Waals surface area (Å²) in [7, 11) is -3.78. The molecule has 0 bridgehead atoms. The van der Waals surface area contributed by atoms with Crippen molar-refractivity contribution in [1.82, 2.24) is 14.4 Å². The fourth-order valence-electron chi connectivity index (χ4n) is 3.18. The number of nitrogens with one attached hydrogen (secondary N) is 1. The predicted octanol–water partition coefficient (Wildman–Crippen LogP) is 4.44. The summed E-state index contributed by atoms with van der Waals surface area (Å²) < 4.78 is 45.5. The summed E-state index contributed by atoms with van der Waals surface area (Å²) in [5, 5.41) is 6.62. The van der Waals surface area contributed by atoms with Gasteiger partial charge < -0.3 is 9.84 Å². The van der Waals surface area contributed by atoms with Gasteiger partial charge in [0, 0.05) is 37.2 Å². The third kappa shape index (κ3) is 5.76. The number of hydrogen-bond acceptors (Lipinski definition) is 6. The summed E-state index contributed by atoms with van der Waals surface area (Å²) in [5.74, 6) is -0.129. The molecule has 0 aliphatic carbocycles. The SMILES string of the molecule is CCN(CC)S(=O)(=O)c1cc(NC(=O)CCc2nc(-c3ccc(F)c(C)c3)no2)ccc1Cl. The standard InChI is InChI=1S/C22H24ClFN4O4S/c1-4-28(5-2)33(30,31)19-13-16(7-8-17(19)23)25-20(29)10-11-21-26-22(27-32-21)15-6-9-18(24)14(3)12-15/h6-9,12-13H,4-5,10-11H2,1-3H3,(H,25,29). The highest BCUT2D eigenvalue weighted by Gasteiger charge is 2.25. The summed E-state index contributed by atoms with van der Waals surface area (Å²) in [6.07, 6.45) is 0.210. The number of anilines is 1. The van der Waals surface area contributed by atoms with Crippen LogP contribution in [0.15, 0.2) is 45.8 Å². The molecule has 3 aromatic rings. The molecule has 11 heteroatoms. The lowest BCUT2D eigenvalue weighted by Crippen LogP contribution is -2.30. The van der Waals surface area contributed by atoms with Gasteiger partial charge in [0.25, 0.3) is 0 Å². The van der Waals surface area contributed by atoms with E-state index in [9.17, 15) is 17.6 Å². The maximum Gasteiger partial charge on any atom is 0.244 e. The molecule has 0 saturated heterocycles. The van der Waals surface area contributed by atoms with Gasteiger partial charge in [-0.15, -0.1) is 0 Å². The van der Waals surface area contributed by atoms with Crippen LogP contribution in [-0.4, -0.2) is 41.9 Å². The quantitative estimate of drug-likeness (QED) is 0.471. The minimum absolute atomic E-state index is 0.0326. The van der Waals surface area contributed by atoms with Gasteiger partial charge in [-0.05, 0) is 48.9 Å². The molecule has 0 saturated carbocycles. The molecule has 0 aliphatic heterocycles. The number of rotatable bonds is 9. The van der Waals surface area contributed by atoms with E-state index in [0.717, 1.165) is 0 Å². The van der Waals surface area contributed by atoms with Crippen LogP contribution >= 0.6 is 11.6 Å². The molecule has 0 atom stereocenters. The zero-order chi connectivity index (χ0) is 24.2. The average Bonchev–Trinajstić information content (AvgIpc) is 3.25. The number of carbonyl (C=O) groups is 1. The molecule has 0 radical (unpaired) electrons. The first-order chi connectivity index (χ1) is 15.6. The molecular formula is C22H24ClFN4O4S. The first-order valence-electron chi connectivity index (χ1n) is 10.3. The summed E-state index contributed by atoms with van der Waals surface area (Å²) in [6.45, 7) is 5.71. The Hall–Kier alpha value is -2.82. The largest absolute Gasteiger partial charge is 0.339 e. The van der Waals surface area contributed by atoms with E-state index in [0.29, 0.717) is 35.7 Å².